The predicted octanol–water partition coefficient (Wildman–Crippen LogP) is 2.02. The van der Waals surface area contributed by atoms with Gasteiger partial charge in [0.05, 0.1) is 11.5 Å². The maximum Gasteiger partial charge on any atom is 0.261 e. The van der Waals surface area contributed by atoms with Gasteiger partial charge in [0, 0.05) is 18.8 Å². The number of amides is 1. The highest BCUT2D eigenvalue weighted by Crippen LogP contribution is 2.19. The van der Waals surface area contributed by atoms with Crippen molar-refractivity contribution in [1.82, 2.24) is 5.32 Å². The maximum atomic E-state index is 12.3. The zero-order valence-electron chi connectivity index (χ0n) is 14.6. The SMILES string of the molecule is COC[C@H](C)NC(=O)COc1ccc(S(=O)(=O)Nc2ccccc2)cc1. The van der Waals surface area contributed by atoms with Gasteiger partial charge < -0.3 is 14.8 Å². The fraction of sp³-hybridized carbons (Fsp3) is 0.278. The quantitative estimate of drug-likeness (QED) is 0.696. The van der Waals surface area contributed by atoms with Crippen molar-refractivity contribution in [3.8, 4) is 5.75 Å². The molecule has 0 aromatic heterocycles. The van der Waals surface area contributed by atoms with Gasteiger partial charge in [0.1, 0.15) is 5.75 Å². The number of anilines is 1. The van der Waals surface area contributed by atoms with Gasteiger partial charge in [-0.3, -0.25) is 9.52 Å². The number of carbonyl (C=O) groups is 1. The first-order valence-corrected chi connectivity index (χ1v) is 9.48. The first-order valence-electron chi connectivity index (χ1n) is 8.00. The van der Waals surface area contributed by atoms with Crippen LogP contribution in [0.2, 0.25) is 0 Å². The number of sulfonamides is 1. The van der Waals surface area contributed by atoms with Gasteiger partial charge in [-0.15, -0.1) is 0 Å². The number of hydrogen-bond donors (Lipinski definition) is 2. The molecule has 0 aliphatic heterocycles. The molecule has 8 heteroatoms. The average Bonchev–Trinajstić information content (AvgIpc) is 2.61. The fourth-order valence-electron chi connectivity index (χ4n) is 2.19. The summed E-state index contributed by atoms with van der Waals surface area (Å²) in [5.41, 5.74) is 0.481. The molecule has 2 aromatic carbocycles. The number of hydrogen-bond acceptors (Lipinski definition) is 5. The minimum absolute atomic E-state index is 0.104. The Kier molecular flexibility index (Phi) is 6.99. The van der Waals surface area contributed by atoms with Crippen molar-refractivity contribution in [1.29, 1.82) is 0 Å². The molecule has 0 fully saturated rings. The predicted molar refractivity (Wildman–Crippen MR) is 98.7 cm³/mol. The number of nitrogens with one attached hydrogen (secondary N) is 2. The number of methoxy groups -OCH3 is 1. The lowest BCUT2D eigenvalue weighted by atomic mass is 10.3. The van der Waals surface area contributed by atoms with Gasteiger partial charge in [-0.2, -0.15) is 0 Å². The van der Waals surface area contributed by atoms with E-state index in [1.807, 2.05) is 6.92 Å². The first-order chi connectivity index (χ1) is 12.4. The minimum Gasteiger partial charge on any atom is -0.484 e. The van der Waals surface area contributed by atoms with Crippen LogP contribution >= 0.6 is 0 Å². The van der Waals surface area contributed by atoms with Crippen molar-refractivity contribution in [2.24, 2.45) is 0 Å². The molecule has 1 atom stereocenters. The summed E-state index contributed by atoms with van der Waals surface area (Å²) in [4.78, 5) is 11.8. The van der Waals surface area contributed by atoms with Crippen molar-refractivity contribution >= 4 is 21.6 Å². The molecule has 2 rings (SSSR count). The lowest BCUT2D eigenvalue weighted by Crippen LogP contribution is -2.38. The van der Waals surface area contributed by atoms with Crippen LogP contribution in [-0.2, 0) is 19.6 Å². The molecule has 0 spiro atoms. The van der Waals surface area contributed by atoms with E-state index in [0.29, 0.717) is 18.0 Å². The largest absolute Gasteiger partial charge is 0.484 e. The molecule has 0 radical (unpaired) electrons. The summed E-state index contributed by atoms with van der Waals surface area (Å²) in [6, 6.07) is 14.4. The summed E-state index contributed by atoms with van der Waals surface area (Å²) in [6.07, 6.45) is 0. The summed E-state index contributed by atoms with van der Waals surface area (Å²) >= 11 is 0. The van der Waals surface area contributed by atoms with Crippen molar-refractivity contribution in [3.05, 3.63) is 54.6 Å². The van der Waals surface area contributed by atoms with Crippen LogP contribution in [0, 0.1) is 0 Å². The van der Waals surface area contributed by atoms with Crippen molar-refractivity contribution in [2.75, 3.05) is 25.0 Å². The van der Waals surface area contributed by atoms with Crippen molar-refractivity contribution in [3.63, 3.8) is 0 Å². The molecule has 2 aromatic rings. The molecule has 0 saturated heterocycles. The van der Waals surface area contributed by atoms with Crippen LogP contribution in [0.4, 0.5) is 5.69 Å². The molecule has 2 N–H and O–H groups in total. The van der Waals surface area contributed by atoms with Gasteiger partial charge in [-0.05, 0) is 43.3 Å². The Labute approximate surface area is 153 Å². The zero-order valence-corrected chi connectivity index (χ0v) is 15.5. The molecule has 0 aliphatic carbocycles. The number of para-hydroxylation sites is 1. The van der Waals surface area contributed by atoms with E-state index in [1.54, 1.807) is 37.4 Å². The Morgan fingerprint density at radius 2 is 1.73 bits per heavy atom. The Morgan fingerprint density at radius 3 is 2.35 bits per heavy atom. The lowest BCUT2D eigenvalue weighted by Gasteiger charge is -2.13. The molecule has 0 saturated carbocycles. The van der Waals surface area contributed by atoms with Crippen molar-refractivity contribution < 1.29 is 22.7 Å². The highest BCUT2D eigenvalue weighted by Gasteiger charge is 2.14. The zero-order chi connectivity index (χ0) is 19.0. The Balaban J connectivity index is 1.92. The number of benzene rings is 2. The van der Waals surface area contributed by atoms with E-state index in [1.165, 1.54) is 24.3 Å². The molecule has 0 bridgehead atoms. The second-order valence-electron chi connectivity index (χ2n) is 5.66. The third kappa shape index (κ3) is 6.05. The molecule has 0 heterocycles. The van der Waals surface area contributed by atoms with Gasteiger partial charge in [-0.1, -0.05) is 18.2 Å². The first kappa shape index (κ1) is 19.7. The summed E-state index contributed by atoms with van der Waals surface area (Å²) in [7, 11) is -2.13. The van der Waals surface area contributed by atoms with Crippen LogP contribution in [0.1, 0.15) is 6.92 Å². The van der Waals surface area contributed by atoms with Gasteiger partial charge in [-0.25, -0.2) is 8.42 Å². The topological polar surface area (TPSA) is 93.7 Å². The Bertz CT molecular complexity index is 807. The van der Waals surface area contributed by atoms with Crippen LogP contribution in [0.5, 0.6) is 5.75 Å². The number of ether oxygens (including phenoxy) is 2. The van der Waals surface area contributed by atoms with Crippen LogP contribution in [0.25, 0.3) is 0 Å². The molecule has 26 heavy (non-hydrogen) atoms. The van der Waals surface area contributed by atoms with E-state index in [4.69, 9.17) is 9.47 Å². The standard InChI is InChI=1S/C18H22N2O5S/c1-14(12-24-2)19-18(21)13-25-16-8-10-17(11-9-16)26(22,23)20-15-6-4-3-5-7-15/h3-11,14,20H,12-13H2,1-2H3,(H,19,21)/t14-/m0/s1. The summed E-state index contributed by atoms with van der Waals surface area (Å²) in [6.45, 7) is 2.07. The Morgan fingerprint density at radius 1 is 1.08 bits per heavy atom. The lowest BCUT2D eigenvalue weighted by molar-refractivity contribution is -0.124. The van der Waals surface area contributed by atoms with Crippen LogP contribution < -0.4 is 14.8 Å². The van der Waals surface area contributed by atoms with Gasteiger partial charge >= 0.3 is 0 Å². The maximum absolute atomic E-state index is 12.3. The van der Waals surface area contributed by atoms with E-state index in [-0.39, 0.29) is 23.5 Å². The van der Waals surface area contributed by atoms with E-state index in [0.717, 1.165) is 0 Å². The molecule has 0 aliphatic rings. The van der Waals surface area contributed by atoms with Gasteiger partial charge in [0.2, 0.25) is 0 Å². The molecule has 7 nitrogen and oxygen atoms in total. The van der Waals surface area contributed by atoms with E-state index >= 15 is 0 Å². The van der Waals surface area contributed by atoms with E-state index < -0.39 is 10.0 Å². The van der Waals surface area contributed by atoms with Crippen LogP contribution in [0.15, 0.2) is 59.5 Å². The monoisotopic (exact) mass is 378 g/mol. The number of carbonyl (C=O) groups excluding carboxylic acids is 1. The summed E-state index contributed by atoms with van der Waals surface area (Å²) < 4.78 is 37.5. The summed E-state index contributed by atoms with van der Waals surface area (Å²) in [5.74, 6) is 0.121. The highest BCUT2D eigenvalue weighted by atomic mass is 32.2. The van der Waals surface area contributed by atoms with Crippen molar-refractivity contribution in [2.45, 2.75) is 17.9 Å². The highest BCUT2D eigenvalue weighted by molar-refractivity contribution is 7.92. The van der Waals surface area contributed by atoms with Crippen LogP contribution in [-0.4, -0.2) is 40.7 Å². The molecule has 0 unspecified atom stereocenters. The van der Waals surface area contributed by atoms with E-state index in [2.05, 4.69) is 10.0 Å². The average molecular weight is 378 g/mol. The summed E-state index contributed by atoms with van der Waals surface area (Å²) in [5, 5.41) is 2.72. The molecular formula is C18H22N2O5S. The third-order valence-corrected chi connectivity index (χ3v) is 4.75. The molecule has 140 valence electrons. The number of rotatable bonds is 9. The third-order valence-electron chi connectivity index (χ3n) is 3.35. The molecule has 1 amide bonds. The second-order valence-corrected chi connectivity index (χ2v) is 7.34. The molecular weight excluding hydrogens is 356 g/mol. The van der Waals surface area contributed by atoms with E-state index in [9.17, 15) is 13.2 Å². The van der Waals surface area contributed by atoms with Gasteiger partial charge in [0.15, 0.2) is 6.61 Å². The smallest absolute Gasteiger partial charge is 0.261 e. The normalized spacial score (nSPS) is 12.2. The Hall–Kier alpha value is -2.58. The van der Waals surface area contributed by atoms with Gasteiger partial charge in [0.25, 0.3) is 15.9 Å². The van der Waals surface area contributed by atoms with Crippen LogP contribution in [0.3, 0.4) is 0 Å². The second kappa shape index (κ2) is 9.21. The fourth-order valence-corrected chi connectivity index (χ4v) is 3.25. The minimum atomic E-state index is -3.68.